The van der Waals surface area contributed by atoms with E-state index in [-0.39, 0.29) is 6.04 Å². The number of halogens is 1. The molecule has 0 heterocycles. The van der Waals surface area contributed by atoms with Gasteiger partial charge in [-0.05, 0) is 30.5 Å². The van der Waals surface area contributed by atoms with Gasteiger partial charge >= 0.3 is 0 Å². The van der Waals surface area contributed by atoms with Gasteiger partial charge in [0.05, 0.1) is 0 Å². The van der Waals surface area contributed by atoms with Crippen molar-refractivity contribution in [3.05, 3.63) is 28.3 Å². The molecule has 0 aliphatic rings. The van der Waals surface area contributed by atoms with E-state index in [1.165, 1.54) is 0 Å². The summed E-state index contributed by atoms with van der Waals surface area (Å²) < 4.78 is 0. The lowest BCUT2D eigenvalue weighted by Gasteiger charge is -2.15. The highest BCUT2D eigenvalue weighted by molar-refractivity contribution is 6.31. The maximum atomic E-state index is 6.00. The van der Waals surface area contributed by atoms with E-state index in [1.807, 2.05) is 13.0 Å². The molecule has 1 unspecified atom stereocenters. The van der Waals surface area contributed by atoms with Crippen LogP contribution in [0.15, 0.2) is 12.1 Å². The van der Waals surface area contributed by atoms with E-state index in [9.17, 15) is 0 Å². The van der Waals surface area contributed by atoms with Crippen LogP contribution in [0.4, 0.5) is 5.69 Å². The normalized spacial score (nSPS) is 12.9. The van der Waals surface area contributed by atoms with E-state index in [0.717, 1.165) is 24.0 Å². The summed E-state index contributed by atoms with van der Waals surface area (Å²) in [6.07, 6.45) is 2.01. The Kier molecular flexibility index (Phi) is 3.78. The third-order valence-electron chi connectivity index (χ3n) is 2.36. The molecule has 0 amide bonds. The molecule has 4 N–H and O–H groups in total. The molecular weight excluding hydrogens is 196 g/mol. The Hall–Kier alpha value is -0.730. The molecule has 14 heavy (non-hydrogen) atoms. The van der Waals surface area contributed by atoms with Crippen molar-refractivity contribution in [2.45, 2.75) is 32.7 Å². The number of rotatable bonds is 3. The average Bonchev–Trinajstić information content (AvgIpc) is 2.11. The molecule has 0 aliphatic heterocycles. The van der Waals surface area contributed by atoms with Crippen LogP contribution in [0.5, 0.6) is 0 Å². The average molecular weight is 213 g/mol. The number of aryl methyl sites for hydroxylation is 1. The van der Waals surface area contributed by atoms with E-state index in [1.54, 1.807) is 6.07 Å². The first-order valence-corrected chi connectivity index (χ1v) is 5.25. The minimum atomic E-state index is 0.0240. The quantitative estimate of drug-likeness (QED) is 0.757. The van der Waals surface area contributed by atoms with Crippen molar-refractivity contribution in [1.29, 1.82) is 0 Å². The van der Waals surface area contributed by atoms with Gasteiger partial charge in [0.15, 0.2) is 0 Å². The Morgan fingerprint density at radius 3 is 2.64 bits per heavy atom. The van der Waals surface area contributed by atoms with Crippen LogP contribution >= 0.6 is 11.6 Å². The first-order valence-electron chi connectivity index (χ1n) is 4.87. The summed E-state index contributed by atoms with van der Waals surface area (Å²) in [5.41, 5.74) is 14.6. The second-order valence-corrected chi connectivity index (χ2v) is 4.03. The molecule has 0 fully saturated rings. The lowest BCUT2D eigenvalue weighted by Crippen LogP contribution is -2.12. The van der Waals surface area contributed by atoms with Gasteiger partial charge in [-0.15, -0.1) is 0 Å². The van der Waals surface area contributed by atoms with Gasteiger partial charge in [-0.2, -0.15) is 0 Å². The van der Waals surface area contributed by atoms with Gasteiger partial charge in [-0.25, -0.2) is 0 Å². The molecule has 0 saturated heterocycles. The predicted octanol–water partition coefficient (Wildman–Crippen LogP) is 3.03. The summed E-state index contributed by atoms with van der Waals surface area (Å²) >= 11 is 5.95. The summed E-state index contributed by atoms with van der Waals surface area (Å²) in [7, 11) is 0. The van der Waals surface area contributed by atoms with Crippen LogP contribution in [0, 0.1) is 6.92 Å². The molecule has 0 spiro atoms. The molecule has 1 aromatic rings. The summed E-state index contributed by atoms with van der Waals surface area (Å²) in [4.78, 5) is 0. The van der Waals surface area contributed by atoms with Crippen molar-refractivity contribution in [2.24, 2.45) is 5.73 Å². The standard InChI is InChI=1S/C11H17ClN2/c1-3-4-10(13)8-5-7(2)9(12)6-11(8)14/h5-6,10H,3-4,13-14H2,1-2H3. The van der Waals surface area contributed by atoms with Gasteiger partial charge in [0, 0.05) is 16.8 Å². The molecule has 0 aromatic heterocycles. The van der Waals surface area contributed by atoms with Crippen molar-refractivity contribution in [2.75, 3.05) is 5.73 Å². The van der Waals surface area contributed by atoms with Gasteiger partial charge in [-0.3, -0.25) is 0 Å². The van der Waals surface area contributed by atoms with Crippen molar-refractivity contribution >= 4 is 17.3 Å². The largest absolute Gasteiger partial charge is 0.398 e. The Labute approximate surface area is 90.2 Å². The SMILES string of the molecule is CCCC(N)c1cc(C)c(Cl)cc1N. The molecule has 0 saturated carbocycles. The summed E-state index contributed by atoms with van der Waals surface area (Å²) in [6.45, 7) is 4.07. The van der Waals surface area contributed by atoms with Crippen LogP contribution in [-0.4, -0.2) is 0 Å². The minimum Gasteiger partial charge on any atom is -0.398 e. The minimum absolute atomic E-state index is 0.0240. The van der Waals surface area contributed by atoms with Gasteiger partial charge in [0.2, 0.25) is 0 Å². The maximum absolute atomic E-state index is 6.00. The number of nitrogens with two attached hydrogens (primary N) is 2. The zero-order chi connectivity index (χ0) is 10.7. The summed E-state index contributed by atoms with van der Waals surface area (Å²) in [6, 6.07) is 3.79. The van der Waals surface area contributed by atoms with E-state index in [4.69, 9.17) is 23.1 Å². The molecule has 2 nitrogen and oxygen atoms in total. The molecule has 0 radical (unpaired) electrons. The number of hydrogen-bond acceptors (Lipinski definition) is 2. The van der Waals surface area contributed by atoms with E-state index in [2.05, 4.69) is 6.92 Å². The van der Waals surface area contributed by atoms with Crippen molar-refractivity contribution in [3.8, 4) is 0 Å². The van der Waals surface area contributed by atoms with Crippen LogP contribution in [-0.2, 0) is 0 Å². The highest BCUT2D eigenvalue weighted by Gasteiger charge is 2.10. The Bertz CT molecular complexity index is 323. The second kappa shape index (κ2) is 4.67. The molecular formula is C11H17ClN2. The van der Waals surface area contributed by atoms with Crippen molar-refractivity contribution in [3.63, 3.8) is 0 Å². The molecule has 1 atom stereocenters. The maximum Gasteiger partial charge on any atom is 0.0455 e. The van der Waals surface area contributed by atoms with Crippen LogP contribution < -0.4 is 11.5 Å². The highest BCUT2D eigenvalue weighted by atomic mass is 35.5. The van der Waals surface area contributed by atoms with Gasteiger partial charge in [0.1, 0.15) is 0 Å². The highest BCUT2D eigenvalue weighted by Crippen LogP contribution is 2.28. The number of nitrogen functional groups attached to an aromatic ring is 1. The lowest BCUT2D eigenvalue weighted by molar-refractivity contribution is 0.640. The fraction of sp³-hybridized carbons (Fsp3) is 0.455. The summed E-state index contributed by atoms with van der Waals surface area (Å²) in [5, 5.41) is 0.704. The smallest absolute Gasteiger partial charge is 0.0455 e. The van der Waals surface area contributed by atoms with E-state index in [0.29, 0.717) is 10.7 Å². The first kappa shape index (κ1) is 11.3. The molecule has 0 bridgehead atoms. The second-order valence-electron chi connectivity index (χ2n) is 3.63. The van der Waals surface area contributed by atoms with Gasteiger partial charge in [0.25, 0.3) is 0 Å². The third-order valence-corrected chi connectivity index (χ3v) is 2.77. The molecule has 3 heteroatoms. The first-order chi connectivity index (χ1) is 6.56. The van der Waals surface area contributed by atoms with Crippen LogP contribution in [0.25, 0.3) is 0 Å². The molecule has 78 valence electrons. The number of benzene rings is 1. The monoisotopic (exact) mass is 212 g/mol. The van der Waals surface area contributed by atoms with Gasteiger partial charge in [-0.1, -0.05) is 31.0 Å². The molecule has 0 aliphatic carbocycles. The molecule has 1 rings (SSSR count). The Morgan fingerprint density at radius 2 is 2.07 bits per heavy atom. The zero-order valence-electron chi connectivity index (χ0n) is 8.68. The number of hydrogen-bond donors (Lipinski definition) is 2. The fourth-order valence-corrected chi connectivity index (χ4v) is 1.68. The Morgan fingerprint density at radius 1 is 1.43 bits per heavy atom. The molecule has 1 aromatic carbocycles. The Balaban J connectivity index is 3.02. The lowest BCUT2D eigenvalue weighted by atomic mass is 9.99. The summed E-state index contributed by atoms with van der Waals surface area (Å²) in [5.74, 6) is 0. The van der Waals surface area contributed by atoms with Crippen molar-refractivity contribution in [1.82, 2.24) is 0 Å². The van der Waals surface area contributed by atoms with E-state index < -0.39 is 0 Å². The van der Waals surface area contributed by atoms with Gasteiger partial charge < -0.3 is 11.5 Å². The van der Waals surface area contributed by atoms with Crippen LogP contribution in [0.1, 0.15) is 36.9 Å². The topological polar surface area (TPSA) is 52.0 Å². The third kappa shape index (κ3) is 2.40. The predicted molar refractivity (Wildman–Crippen MR) is 62.4 cm³/mol. The van der Waals surface area contributed by atoms with Crippen molar-refractivity contribution < 1.29 is 0 Å². The van der Waals surface area contributed by atoms with E-state index >= 15 is 0 Å². The fourth-order valence-electron chi connectivity index (χ4n) is 1.51. The van der Waals surface area contributed by atoms with Crippen LogP contribution in [0.2, 0.25) is 5.02 Å². The zero-order valence-corrected chi connectivity index (χ0v) is 9.43. The van der Waals surface area contributed by atoms with Crippen LogP contribution in [0.3, 0.4) is 0 Å². The number of anilines is 1.